The maximum atomic E-state index is 12.7. The third-order valence-corrected chi connectivity index (χ3v) is 4.50. The summed E-state index contributed by atoms with van der Waals surface area (Å²) in [4.78, 5) is 43.2. The topological polar surface area (TPSA) is 100 Å². The molecule has 3 rings (SSSR count). The van der Waals surface area contributed by atoms with Crippen LogP contribution in [0.25, 0.3) is 0 Å². The van der Waals surface area contributed by atoms with E-state index in [2.05, 4.69) is 4.98 Å². The maximum Gasteiger partial charge on any atom is 0.306 e. The van der Waals surface area contributed by atoms with Crippen molar-refractivity contribution < 1.29 is 24.2 Å². The highest BCUT2D eigenvalue weighted by atomic mass is 16.5. The molecule has 2 saturated heterocycles. The number of morpholine rings is 1. The van der Waals surface area contributed by atoms with Gasteiger partial charge in [0.05, 0.1) is 37.3 Å². The van der Waals surface area contributed by atoms with E-state index < -0.39 is 12.1 Å². The lowest BCUT2D eigenvalue weighted by Gasteiger charge is -2.33. The Kier molecular flexibility index (Phi) is 5.28. The van der Waals surface area contributed by atoms with E-state index in [0.29, 0.717) is 26.2 Å². The number of ether oxygens (including phenoxy) is 1. The molecule has 8 nitrogen and oxygen atoms in total. The van der Waals surface area contributed by atoms with Crippen LogP contribution in [0.1, 0.15) is 18.5 Å². The number of aromatic nitrogens is 1. The Bertz CT molecular complexity index is 651. The van der Waals surface area contributed by atoms with Crippen molar-refractivity contribution in [2.75, 3.05) is 26.2 Å². The molecule has 1 N–H and O–H groups in total. The Morgan fingerprint density at radius 3 is 2.88 bits per heavy atom. The summed E-state index contributed by atoms with van der Waals surface area (Å²) in [5, 5.41) is 8.87. The number of carboxylic acid groups (broad SMARTS) is 1. The number of carboxylic acids is 1. The number of aliphatic carboxylic acids is 1. The molecular formula is C17H21N3O5. The first-order valence-corrected chi connectivity index (χ1v) is 8.33. The normalized spacial score (nSPS) is 23.8. The van der Waals surface area contributed by atoms with Gasteiger partial charge in [-0.15, -0.1) is 0 Å². The monoisotopic (exact) mass is 347 g/mol. The fourth-order valence-corrected chi connectivity index (χ4v) is 3.27. The van der Waals surface area contributed by atoms with Crippen LogP contribution < -0.4 is 0 Å². The van der Waals surface area contributed by atoms with Crippen molar-refractivity contribution in [3.05, 3.63) is 30.1 Å². The average molecular weight is 347 g/mol. The molecule has 0 bridgehead atoms. The summed E-state index contributed by atoms with van der Waals surface area (Å²) in [6.45, 7) is 1.78. The van der Waals surface area contributed by atoms with Gasteiger partial charge in [-0.1, -0.05) is 6.07 Å². The molecule has 0 radical (unpaired) electrons. The molecule has 0 aliphatic carbocycles. The summed E-state index contributed by atoms with van der Waals surface area (Å²) >= 11 is 0. The van der Waals surface area contributed by atoms with Gasteiger partial charge >= 0.3 is 5.97 Å². The van der Waals surface area contributed by atoms with E-state index in [-0.39, 0.29) is 37.1 Å². The lowest BCUT2D eigenvalue weighted by atomic mass is 10.1. The molecule has 1 aromatic heterocycles. The van der Waals surface area contributed by atoms with Crippen molar-refractivity contribution in [1.29, 1.82) is 0 Å². The molecule has 2 atom stereocenters. The Hall–Kier alpha value is -2.48. The van der Waals surface area contributed by atoms with Crippen LogP contribution in [0.15, 0.2) is 24.4 Å². The smallest absolute Gasteiger partial charge is 0.306 e. The second-order valence-corrected chi connectivity index (χ2v) is 6.37. The zero-order valence-corrected chi connectivity index (χ0v) is 13.8. The van der Waals surface area contributed by atoms with Crippen LogP contribution >= 0.6 is 0 Å². The van der Waals surface area contributed by atoms with Gasteiger partial charge < -0.3 is 19.6 Å². The van der Waals surface area contributed by atoms with E-state index in [1.54, 1.807) is 16.0 Å². The molecule has 2 aliphatic rings. The standard InChI is InChI=1S/C17H21N3O5/c21-15-7-12(9-20(15)10-13-3-1-2-4-18-13)17(24)19-5-6-25-14(11-19)8-16(22)23/h1-4,12,14H,5-11H2,(H,22,23)/t12-,14-/m0/s1. The van der Waals surface area contributed by atoms with Gasteiger partial charge in [-0.2, -0.15) is 0 Å². The zero-order valence-electron chi connectivity index (χ0n) is 13.8. The van der Waals surface area contributed by atoms with Crippen molar-refractivity contribution in [2.45, 2.75) is 25.5 Å². The molecule has 25 heavy (non-hydrogen) atoms. The van der Waals surface area contributed by atoms with Gasteiger partial charge in [0.25, 0.3) is 0 Å². The summed E-state index contributed by atoms with van der Waals surface area (Å²) in [6, 6.07) is 5.52. The third kappa shape index (κ3) is 4.33. The van der Waals surface area contributed by atoms with Crippen molar-refractivity contribution in [1.82, 2.24) is 14.8 Å². The fourth-order valence-electron chi connectivity index (χ4n) is 3.27. The second kappa shape index (κ2) is 7.60. The molecule has 2 amide bonds. The molecule has 3 heterocycles. The lowest BCUT2D eigenvalue weighted by Crippen LogP contribution is -2.48. The molecular weight excluding hydrogens is 326 g/mol. The van der Waals surface area contributed by atoms with Crippen molar-refractivity contribution >= 4 is 17.8 Å². The predicted octanol–water partition coefficient (Wildman–Crippen LogP) is 0.132. The molecule has 2 aliphatic heterocycles. The summed E-state index contributed by atoms with van der Waals surface area (Å²) in [5.74, 6) is -1.49. The van der Waals surface area contributed by atoms with Gasteiger partial charge in [-0.25, -0.2) is 0 Å². The molecule has 8 heteroatoms. The summed E-state index contributed by atoms with van der Waals surface area (Å²) in [5.41, 5.74) is 0.789. The van der Waals surface area contributed by atoms with E-state index in [1.807, 2.05) is 18.2 Å². The van der Waals surface area contributed by atoms with Crippen LogP contribution in [0, 0.1) is 5.92 Å². The number of nitrogens with zero attached hydrogens (tertiary/aromatic N) is 3. The predicted molar refractivity (Wildman–Crippen MR) is 86.3 cm³/mol. The summed E-state index contributed by atoms with van der Waals surface area (Å²) in [6.07, 6.45) is 1.25. The van der Waals surface area contributed by atoms with Crippen LogP contribution in [-0.2, 0) is 25.7 Å². The van der Waals surface area contributed by atoms with E-state index >= 15 is 0 Å². The Morgan fingerprint density at radius 1 is 1.32 bits per heavy atom. The zero-order chi connectivity index (χ0) is 17.8. The number of pyridine rings is 1. The van der Waals surface area contributed by atoms with E-state index in [4.69, 9.17) is 9.84 Å². The van der Waals surface area contributed by atoms with Crippen molar-refractivity contribution in [3.8, 4) is 0 Å². The molecule has 0 unspecified atom stereocenters. The largest absolute Gasteiger partial charge is 0.481 e. The summed E-state index contributed by atoms with van der Waals surface area (Å²) < 4.78 is 5.39. The minimum atomic E-state index is -0.947. The average Bonchev–Trinajstić information content (AvgIpc) is 2.95. The van der Waals surface area contributed by atoms with Gasteiger partial charge in [0.15, 0.2) is 0 Å². The molecule has 1 aromatic rings. The minimum Gasteiger partial charge on any atom is -0.481 e. The number of likely N-dealkylation sites (tertiary alicyclic amines) is 1. The number of rotatable bonds is 5. The van der Waals surface area contributed by atoms with Crippen LogP contribution in [0.2, 0.25) is 0 Å². The fraction of sp³-hybridized carbons (Fsp3) is 0.529. The van der Waals surface area contributed by atoms with E-state index in [1.165, 1.54) is 0 Å². The van der Waals surface area contributed by atoms with Crippen LogP contribution in [-0.4, -0.2) is 70.0 Å². The van der Waals surface area contributed by atoms with E-state index in [0.717, 1.165) is 5.69 Å². The first kappa shape index (κ1) is 17.3. The molecule has 2 fully saturated rings. The molecule has 0 saturated carbocycles. The van der Waals surface area contributed by atoms with Crippen LogP contribution in [0.4, 0.5) is 0 Å². The highest BCUT2D eigenvalue weighted by Gasteiger charge is 2.38. The van der Waals surface area contributed by atoms with Crippen LogP contribution in [0.5, 0.6) is 0 Å². The Labute approximate surface area is 145 Å². The Morgan fingerprint density at radius 2 is 2.16 bits per heavy atom. The first-order valence-electron chi connectivity index (χ1n) is 8.33. The van der Waals surface area contributed by atoms with Gasteiger partial charge in [0, 0.05) is 32.3 Å². The number of hydrogen-bond acceptors (Lipinski definition) is 5. The Balaban J connectivity index is 1.57. The third-order valence-electron chi connectivity index (χ3n) is 4.50. The van der Waals surface area contributed by atoms with Gasteiger partial charge in [0.1, 0.15) is 0 Å². The lowest BCUT2D eigenvalue weighted by molar-refractivity contribution is -0.149. The van der Waals surface area contributed by atoms with Gasteiger partial charge in [-0.3, -0.25) is 19.4 Å². The minimum absolute atomic E-state index is 0.0562. The molecule has 134 valence electrons. The number of hydrogen-bond donors (Lipinski definition) is 1. The maximum absolute atomic E-state index is 12.7. The molecule has 0 aromatic carbocycles. The SMILES string of the molecule is O=C(O)C[C@H]1CN(C(=O)[C@H]2CC(=O)N(Cc3ccccn3)C2)CCO1. The highest BCUT2D eigenvalue weighted by molar-refractivity contribution is 5.89. The highest BCUT2D eigenvalue weighted by Crippen LogP contribution is 2.23. The van der Waals surface area contributed by atoms with Crippen molar-refractivity contribution in [2.24, 2.45) is 5.92 Å². The molecule has 0 spiro atoms. The first-order chi connectivity index (χ1) is 12.0. The van der Waals surface area contributed by atoms with Crippen LogP contribution in [0.3, 0.4) is 0 Å². The number of carbonyl (C=O) groups excluding carboxylic acids is 2. The number of amides is 2. The second-order valence-electron chi connectivity index (χ2n) is 6.37. The quantitative estimate of drug-likeness (QED) is 0.813. The van der Waals surface area contributed by atoms with Gasteiger partial charge in [-0.05, 0) is 12.1 Å². The number of carbonyl (C=O) groups is 3. The van der Waals surface area contributed by atoms with E-state index in [9.17, 15) is 14.4 Å². The van der Waals surface area contributed by atoms with Gasteiger partial charge in [0.2, 0.25) is 11.8 Å². The summed E-state index contributed by atoms with van der Waals surface area (Å²) in [7, 11) is 0. The van der Waals surface area contributed by atoms with Crippen molar-refractivity contribution in [3.63, 3.8) is 0 Å².